The highest BCUT2D eigenvalue weighted by Crippen LogP contribution is 2.25. The molecular weight excluding hydrogens is 454 g/mol. The predicted octanol–water partition coefficient (Wildman–Crippen LogP) is 5.09. The Morgan fingerprint density at radius 3 is 2.50 bits per heavy atom. The number of pyridine rings is 1. The number of benzene rings is 2. The van der Waals surface area contributed by atoms with Crippen molar-refractivity contribution >= 4 is 34.8 Å². The molecule has 2 heterocycles. The molecule has 0 aliphatic rings. The maximum absolute atomic E-state index is 13.2. The van der Waals surface area contributed by atoms with Crippen LogP contribution >= 0.6 is 23.2 Å². The average Bonchev–Trinajstić information content (AvgIpc) is 3.06. The molecule has 6 nitrogen and oxygen atoms in total. The van der Waals surface area contributed by atoms with E-state index in [4.69, 9.17) is 23.2 Å². The first kappa shape index (κ1) is 21.8. The molecule has 0 aliphatic carbocycles. The number of carbonyl (C=O) groups is 1. The summed E-state index contributed by atoms with van der Waals surface area (Å²) in [6.07, 6.45) is 1.54. The number of nitrogens with zero attached hydrogens (tertiary/aromatic N) is 3. The van der Waals surface area contributed by atoms with Gasteiger partial charge in [0.05, 0.1) is 23.6 Å². The van der Waals surface area contributed by atoms with Gasteiger partial charge in [-0.2, -0.15) is 5.10 Å². The molecule has 1 N–H and O–H groups in total. The molecule has 1 amide bonds. The lowest BCUT2D eigenvalue weighted by Gasteiger charge is -2.11. The summed E-state index contributed by atoms with van der Waals surface area (Å²) >= 11 is 12.6. The number of halogens is 3. The molecule has 0 saturated carbocycles. The van der Waals surface area contributed by atoms with Crippen LogP contribution in [0.1, 0.15) is 21.6 Å². The van der Waals surface area contributed by atoms with E-state index in [2.05, 4.69) is 10.4 Å². The first-order chi connectivity index (χ1) is 15.3. The lowest BCUT2D eigenvalue weighted by molar-refractivity contribution is 0.102. The third-order valence-corrected chi connectivity index (χ3v) is 5.56. The zero-order chi connectivity index (χ0) is 22.8. The van der Waals surface area contributed by atoms with Crippen LogP contribution in [-0.4, -0.2) is 20.3 Å². The van der Waals surface area contributed by atoms with E-state index in [0.29, 0.717) is 22.1 Å². The molecule has 0 fully saturated rings. The number of aryl methyl sites for hydroxylation is 1. The van der Waals surface area contributed by atoms with Gasteiger partial charge in [0.1, 0.15) is 16.5 Å². The Balaban J connectivity index is 1.60. The highest BCUT2D eigenvalue weighted by Gasteiger charge is 2.21. The number of hydrogen-bond donors (Lipinski definition) is 1. The van der Waals surface area contributed by atoms with E-state index in [1.165, 1.54) is 51.8 Å². The highest BCUT2D eigenvalue weighted by molar-refractivity contribution is 6.34. The standard InChI is InChI=1S/C23H17Cl2FN4O2/c1-14-21(22(25)30(28-14)18-9-6-16(26)7-10-18)23(32)27-17-8-11-20(31)29(13-17)12-15-4-2-3-5-19(15)24/h2-11,13H,12H2,1H3,(H,27,32). The van der Waals surface area contributed by atoms with Crippen molar-refractivity contribution in [2.75, 3.05) is 5.32 Å². The number of anilines is 1. The largest absolute Gasteiger partial charge is 0.321 e. The van der Waals surface area contributed by atoms with E-state index in [9.17, 15) is 14.0 Å². The normalized spacial score (nSPS) is 10.9. The molecule has 2 aromatic heterocycles. The van der Waals surface area contributed by atoms with Gasteiger partial charge in [0.15, 0.2) is 0 Å². The minimum absolute atomic E-state index is 0.0935. The predicted molar refractivity (Wildman–Crippen MR) is 122 cm³/mol. The van der Waals surface area contributed by atoms with Crippen LogP contribution in [-0.2, 0) is 6.54 Å². The van der Waals surface area contributed by atoms with Gasteiger partial charge in [0.2, 0.25) is 0 Å². The minimum atomic E-state index is -0.483. The molecule has 0 unspecified atom stereocenters. The van der Waals surface area contributed by atoms with Crippen molar-refractivity contribution < 1.29 is 9.18 Å². The van der Waals surface area contributed by atoms with Crippen LogP contribution in [0.2, 0.25) is 10.2 Å². The number of hydrogen-bond acceptors (Lipinski definition) is 3. The van der Waals surface area contributed by atoms with Gasteiger partial charge >= 0.3 is 0 Å². The first-order valence-corrected chi connectivity index (χ1v) is 10.4. The maximum atomic E-state index is 13.2. The fourth-order valence-electron chi connectivity index (χ4n) is 3.24. The molecule has 0 aliphatic heterocycles. The third kappa shape index (κ3) is 4.44. The third-order valence-electron chi connectivity index (χ3n) is 4.84. The minimum Gasteiger partial charge on any atom is -0.321 e. The van der Waals surface area contributed by atoms with Crippen LogP contribution in [0.15, 0.2) is 71.7 Å². The Morgan fingerprint density at radius 2 is 1.78 bits per heavy atom. The Labute approximate surface area is 192 Å². The van der Waals surface area contributed by atoms with E-state index < -0.39 is 11.7 Å². The summed E-state index contributed by atoms with van der Waals surface area (Å²) in [5.41, 5.74) is 2.06. The maximum Gasteiger partial charge on any atom is 0.260 e. The second-order valence-electron chi connectivity index (χ2n) is 7.07. The summed E-state index contributed by atoms with van der Waals surface area (Å²) in [5, 5.41) is 7.69. The van der Waals surface area contributed by atoms with Crippen molar-refractivity contribution in [3.05, 3.63) is 110 Å². The smallest absolute Gasteiger partial charge is 0.260 e. The second kappa shape index (κ2) is 8.98. The zero-order valence-electron chi connectivity index (χ0n) is 16.8. The van der Waals surface area contributed by atoms with Crippen molar-refractivity contribution in [2.45, 2.75) is 13.5 Å². The van der Waals surface area contributed by atoms with E-state index in [0.717, 1.165) is 5.56 Å². The van der Waals surface area contributed by atoms with Crippen LogP contribution in [0, 0.1) is 12.7 Å². The molecule has 4 rings (SSSR count). The van der Waals surface area contributed by atoms with Gasteiger partial charge in [-0.25, -0.2) is 9.07 Å². The Morgan fingerprint density at radius 1 is 1.06 bits per heavy atom. The van der Waals surface area contributed by atoms with Crippen molar-refractivity contribution in [1.82, 2.24) is 14.3 Å². The lowest BCUT2D eigenvalue weighted by Crippen LogP contribution is -2.21. The van der Waals surface area contributed by atoms with Crippen LogP contribution in [0.4, 0.5) is 10.1 Å². The van der Waals surface area contributed by atoms with Gasteiger partial charge in [-0.15, -0.1) is 0 Å². The number of rotatable bonds is 5. The number of aromatic nitrogens is 3. The van der Waals surface area contributed by atoms with Crippen molar-refractivity contribution in [1.29, 1.82) is 0 Å². The van der Waals surface area contributed by atoms with Crippen LogP contribution in [0.3, 0.4) is 0 Å². The molecule has 2 aromatic carbocycles. The first-order valence-electron chi connectivity index (χ1n) is 9.60. The van der Waals surface area contributed by atoms with Gasteiger partial charge in [0, 0.05) is 17.3 Å². The van der Waals surface area contributed by atoms with Crippen molar-refractivity contribution in [2.24, 2.45) is 0 Å². The fourth-order valence-corrected chi connectivity index (χ4v) is 3.80. The molecule has 0 radical (unpaired) electrons. The summed E-state index contributed by atoms with van der Waals surface area (Å²) in [4.78, 5) is 25.2. The summed E-state index contributed by atoms with van der Waals surface area (Å²) < 4.78 is 16.0. The molecular formula is C23H17Cl2FN4O2. The lowest BCUT2D eigenvalue weighted by atomic mass is 10.2. The van der Waals surface area contributed by atoms with Crippen LogP contribution < -0.4 is 10.9 Å². The van der Waals surface area contributed by atoms with Gasteiger partial charge in [-0.05, 0) is 48.9 Å². The number of nitrogens with one attached hydrogen (secondary N) is 1. The summed E-state index contributed by atoms with van der Waals surface area (Å²) in [5.74, 6) is -0.873. The zero-order valence-corrected chi connectivity index (χ0v) is 18.4. The summed E-state index contributed by atoms with van der Waals surface area (Å²) in [6.45, 7) is 1.91. The average molecular weight is 471 g/mol. The Bertz CT molecular complexity index is 1360. The van der Waals surface area contributed by atoms with Crippen LogP contribution in [0.5, 0.6) is 0 Å². The molecule has 0 bridgehead atoms. The van der Waals surface area contributed by atoms with Gasteiger partial charge in [-0.3, -0.25) is 9.59 Å². The molecule has 0 spiro atoms. The monoisotopic (exact) mass is 470 g/mol. The SMILES string of the molecule is Cc1nn(-c2ccc(F)cc2)c(Cl)c1C(=O)Nc1ccc(=O)n(Cc2ccccc2Cl)c1. The fraction of sp³-hybridized carbons (Fsp3) is 0.0870. The molecule has 9 heteroatoms. The van der Waals surface area contributed by atoms with Crippen LogP contribution in [0.25, 0.3) is 5.69 Å². The van der Waals surface area contributed by atoms with Gasteiger partial charge in [-0.1, -0.05) is 41.4 Å². The van der Waals surface area contributed by atoms with Gasteiger partial charge < -0.3 is 9.88 Å². The number of carbonyl (C=O) groups excluding carboxylic acids is 1. The summed E-state index contributed by atoms with van der Waals surface area (Å²) in [6, 6.07) is 15.7. The summed E-state index contributed by atoms with van der Waals surface area (Å²) in [7, 11) is 0. The Kier molecular flexibility index (Phi) is 6.12. The molecule has 162 valence electrons. The van der Waals surface area contributed by atoms with Gasteiger partial charge in [0.25, 0.3) is 11.5 Å². The molecule has 0 atom stereocenters. The highest BCUT2D eigenvalue weighted by atomic mass is 35.5. The van der Waals surface area contributed by atoms with E-state index in [1.807, 2.05) is 18.2 Å². The Hall–Kier alpha value is -3.42. The van der Waals surface area contributed by atoms with E-state index in [-0.39, 0.29) is 22.8 Å². The topological polar surface area (TPSA) is 68.9 Å². The molecule has 0 saturated heterocycles. The molecule has 4 aromatic rings. The second-order valence-corrected chi connectivity index (χ2v) is 7.83. The quantitative estimate of drug-likeness (QED) is 0.441. The van der Waals surface area contributed by atoms with E-state index >= 15 is 0 Å². The van der Waals surface area contributed by atoms with Crippen molar-refractivity contribution in [3.63, 3.8) is 0 Å². The van der Waals surface area contributed by atoms with Crippen molar-refractivity contribution in [3.8, 4) is 5.69 Å². The number of amides is 1. The van der Waals surface area contributed by atoms with E-state index in [1.54, 1.807) is 13.0 Å². The molecule has 32 heavy (non-hydrogen) atoms.